The Morgan fingerprint density at radius 2 is 1.90 bits per heavy atom. The van der Waals surface area contributed by atoms with Crippen molar-refractivity contribution < 1.29 is 19.8 Å². The molecule has 2 aliphatic heterocycles. The molecule has 0 spiro atoms. The first kappa shape index (κ1) is 16.0. The van der Waals surface area contributed by atoms with Crippen molar-refractivity contribution in [1.29, 1.82) is 0 Å². The Balaban J connectivity index is 1.91. The number of aliphatic carboxylic acids is 1. The van der Waals surface area contributed by atoms with Crippen LogP contribution in [0.4, 0.5) is 4.79 Å². The van der Waals surface area contributed by atoms with Crippen LogP contribution in [0.1, 0.15) is 19.3 Å². The summed E-state index contributed by atoms with van der Waals surface area (Å²) in [4.78, 5) is 28.7. The molecule has 2 heterocycles. The molecule has 0 bridgehead atoms. The molecule has 2 unspecified atom stereocenters. The van der Waals surface area contributed by atoms with E-state index in [1.807, 2.05) is 0 Å². The molecule has 7 heteroatoms. The fourth-order valence-electron chi connectivity index (χ4n) is 3.19. The van der Waals surface area contributed by atoms with Crippen LogP contribution < -0.4 is 0 Å². The molecule has 0 aromatic rings. The summed E-state index contributed by atoms with van der Waals surface area (Å²) in [6.45, 7) is 2.82. The molecular weight excluding hydrogens is 274 g/mol. The van der Waals surface area contributed by atoms with E-state index in [-0.39, 0.29) is 19.0 Å². The highest BCUT2D eigenvalue weighted by Gasteiger charge is 2.40. The number of rotatable bonds is 3. The van der Waals surface area contributed by atoms with Gasteiger partial charge in [0.1, 0.15) is 6.04 Å². The van der Waals surface area contributed by atoms with Crippen LogP contribution in [0.3, 0.4) is 0 Å². The van der Waals surface area contributed by atoms with Gasteiger partial charge in [-0.2, -0.15) is 0 Å². The number of amides is 2. The number of hydrogen-bond acceptors (Lipinski definition) is 4. The maximum atomic E-state index is 12.4. The van der Waals surface area contributed by atoms with Crippen molar-refractivity contribution in [2.45, 2.75) is 31.4 Å². The molecular formula is C14H25N3O4. The average Bonchev–Trinajstić information content (AvgIpc) is 2.82. The summed E-state index contributed by atoms with van der Waals surface area (Å²) in [6, 6.07) is -1.20. The SMILES string of the molecule is CN1CCC(CN(C)C(=O)N2CC(O)CC2C(=O)O)CC1. The van der Waals surface area contributed by atoms with E-state index in [0.29, 0.717) is 12.5 Å². The Kier molecular flexibility index (Phi) is 5.05. The van der Waals surface area contributed by atoms with E-state index in [9.17, 15) is 14.7 Å². The lowest BCUT2D eigenvalue weighted by molar-refractivity contribution is -0.141. The van der Waals surface area contributed by atoms with Crippen LogP contribution in [0.25, 0.3) is 0 Å². The maximum Gasteiger partial charge on any atom is 0.326 e. The van der Waals surface area contributed by atoms with Crippen LogP contribution >= 0.6 is 0 Å². The van der Waals surface area contributed by atoms with Crippen LogP contribution in [0.15, 0.2) is 0 Å². The number of β-amino-alcohol motifs (C(OH)–C–C–N with tert-alkyl or cyclic N) is 1. The van der Waals surface area contributed by atoms with Gasteiger partial charge in [-0.15, -0.1) is 0 Å². The van der Waals surface area contributed by atoms with Crippen LogP contribution in [0, 0.1) is 5.92 Å². The number of likely N-dealkylation sites (tertiary alicyclic amines) is 2. The van der Waals surface area contributed by atoms with Crippen LogP contribution in [-0.2, 0) is 4.79 Å². The summed E-state index contributed by atoms with van der Waals surface area (Å²) in [7, 11) is 3.80. The van der Waals surface area contributed by atoms with Crippen molar-refractivity contribution in [2.24, 2.45) is 5.92 Å². The van der Waals surface area contributed by atoms with E-state index in [1.54, 1.807) is 11.9 Å². The van der Waals surface area contributed by atoms with Gasteiger partial charge in [0.25, 0.3) is 0 Å². The van der Waals surface area contributed by atoms with E-state index in [1.165, 1.54) is 4.90 Å². The van der Waals surface area contributed by atoms with E-state index in [4.69, 9.17) is 5.11 Å². The van der Waals surface area contributed by atoms with Crippen molar-refractivity contribution >= 4 is 12.0 Å². The topological polar surface area (TPSA) is 84.3 Å². The molecule has 2 atom stereocenters. The Bertz CT molecular complexity index is 396. The van der Waals surface area contributed by atoms with E-state index < -0.39 is 18.1 Å². The van der Waals surface area contributed by atoms with Crippen LogP contribution in [0.5, 0.6) is 0 Å². The largest absolute Gasteiger partial charge is 0.480 e. The average molecular weight is 299 g/mol. The molecule has 0 aromatic carbocycles. The molecule has 2 aliphatic rings. The number of hydrogen-bond donors (Lipinski definition) is 2. The molecule has 0 saturated carbocycles. The Morgan fingerprint density at radius 1 is 1.29 bits per heavy atom. The van der Waals surface area contributed by atoms with E-state index in [2.05, 4.69) is 11.9 Å². The van der Waals surface area contributed by atoms with Crippen molar-refractivity contribution in [3.63, 3.8) is 0 Å². The maximum absolute atomic E-state index is 12.4. The predicted octanol–water partition coefficient (Wildman–Crippen LogP) is -0.100. The highest BCUT2D eigenvalue weighted by Crippen LogP contribution is 2.22. The second-order valence-electron chi connectivity index (χ2n) is 6.31. The third-order valence-corrected chi connectivity index (χ3v) is 4.51. The number of carbonyl (C=O) groups excluding carboxylic acids is 1. The molecule has 2 N–H and O–H groups in total. The smallest absolute Gasteiger partial charge is 0.326 e. The van der Waals surface area contributed by atoms with Gasteiger partial charge >= 0.3 is 12.0 Å². The molecule has 2 amide bonds. The standard InChI is InChI=1S/C14H25N3O4/c1-15-5-3-10(4-6-15)8-16(2)14(21)17-9-11(18)7-12(17)13(19)20/h10-12,18H,3-9H2,1-2H3,(H,19,20). The van der Waals surface area contributed by atoms with Crippen molar-refractivity contribution in [3.05, 3.63) is 0 Å². The lowest BCUT2D eigenvalue weighted by Crippen LogP contribution is -2.48. The zero-order valence-corrected chi connectivity index (χ0v) is 12.7. The van der Waals surface area contributed by atoms with Crippen molar-refractivity contribution in [3.8, 4) is 0 Å². The number of nitrogens with zero attached hydrogens (tertiary/aromatic N) is 3. The molecule has 2 saturated heterocycles. The van der Waals surface area contributed by atoms with Gasteiger partial charge in [0.05, 0.1) is 6.10 Å². The minimum Gasteiger partial charge on any atom is -0.480 e. The fourth-order valence-corrected chi connectivity index (χ4v) is 3.19. The van der Waals surface area contributed by atoms with Gasteiger partial charge in [0.15, 0.2) is 0 Å². The third-order valence-electron chi connectivity index (χ3n) is 4.51. The second-order valence-corrected chi connectivity index (χ2v) is 6.31. The molecule has 0 radical (unpaired) electrons. The van der Waals surface area contributed by atoms with E-state index in [0.717, 1.165) is 25.9 Å². The zero-order chi connectivity index (χ0) is 15.6. The molecule has 7 nitrogen and oxygen atoms in total. The predicted molar refractivity (Wildman–Crippen MR) is 77.0 cm³/mol. The molecule has 0 aromatic heterocycles. The van der Waals surface area contributed by atoms with Crippen LogP contribution in [0.2, 0.25) is 0 Å². The van der Waals surface area contributed by atoms with Gasteiger partial charge < -0.3 is 24.9 Å². The number of carbonyl (C=O) groups is 2. The quantitative estimate of drug-likeness (QED) is 0.760. The Hall–Kier alpha value is -1.34. The van der Waals surface area contributed by atoms with Gasteiger partial charge in [-0.1, -0.05) is 0 Å². The summed E-state index contributed by atoms with van der Waals surface area (Å²) in [6.07, 6.45) is 1.48. The number of urea groups is 1. The fraction of sp³-hybridized carbons (Fsp3) is 0.857. The van der Waals surface area contributed by atoms with Gasteiger partial charge in [0.2, 0.25) is 0 Å². The monoisotopic (exact) mass is 299 g/mol. The van der Waals surface area contributed by atoms with Gasteiger partial charge in [0, 0.05) is 26.6 Å². The summed E-state index contributed by atoms with van der Waals surface area (Å²) in [5.41, 5.74) is 0. The molecule has 0 aliphatic carbocycles. The second kappa shape index (κ2) is 6.62. The first-order chi connectivity index (χ1) is 9.88. The highest BCUT2D eigenvalue weighted by molar-refractivity contribution is 5.83. The first-order valence-corrected chi connectivity index (χ1v) is 7.49. The van der Waals surface area contributed by atoms with E-state index >= 15 is 0 Å². The number of aliphatic hydroxyl groups is 1. The first-order valence-electron chi connectivity index (χ1n) is 7.49. The van der Waals surface area contributed by atoms with Crippen molar-refractivity contribution in [2.75, 3.05) is 40.3 Å². The lowest BCUT2D eigenvalue weighted by Gasteiger charge is -2.33. The highest BCUT2D eigenvalue weighted by atomic mass is 16.4. The number of carboxylic acid groups (broad SMARTS) is 1. The lowest BCUT2D eigenvalue weighted by atomic mass is 9.97. The van der Waals surface area contributed by atoms with Crippen LogP contribution in [-0.4, -0.2) is 89.3 Å². The summed E-state index contributed by atoms with van der Waals surface area (Å²) in [5.74, 6) is -0.585. The van der Waals surface area contributed by atoms with Gasteiger partial charge in [-0.3, -0.25) is 0 Å². The third kappa shape index (κ3) is 3.85. The minimum atomic E-state index is -1.05. The molecule has 2 fully saturated rings. The number of piperidine rings is 1. The summed E-state index contributed by atoms with van der Waals surface area (Å²) >= 11 is 0. The Morgan fingerprint density at radius 3 is 2.48 bits per heavy atom. The Labute approximate surface area is 125 Å². The molecule has 21 heavy (non-hydrogen) atoms. The normalized spacial score (nSPS) is 27.9. The summed E-state index contributed by atoms with van der Waals surface area (Å²) in [5, 5.41) is 18.8. The number of carboxylic acids is 1. The molecule has 120 valence electrons. The van der Waals surface area contributed by atoms with Crippen molar-refractivity contribution in [1.82, 2.24) is 14.7 Å². The minimum absolute atomic E-state index is 0.105. The summed E-state index contributed by atoms with van der Waals surface area (Å²) < 4.78 is 0. The van der Waals surface area contributed by atoms with Gasteiger partial charge in [-0.25, -0.2) is 9.59 Å². The molecule has 2 rings (SSSR count). The van der Waals surface area contributed by atoms with Gasteiger partial charge in [-0.05, 0) is 38.9 Å². The number of aliphatic hydroxyl groups excluding tert-OH is 1. The zero-order valence-electron chi connectivity index (χ0n) is 12.7.